The largest absolute Gasteiger partial charge is 0.476 e. The van der Waals surface area contributed by atoms with Crippen molar-refractivity contribution < 1.29 is 9.90 Å². The number of hydrogen-bond donors (Lipinski definition) is 1. The zero-order valence-electron chi connectivity index (χ0n) is 11.6. The molecule has 0 aliphatic carbocycles. The fraction of sp³-hybridized carbons (Fsp3) is 0.312. The Bertz CT molecular complexity index is 613. The van der Waals surface area contributed by atoms with Crippen LogP contribution in [0.5, 0.6) is 0 Å². The van der Waals surface area contributed by atoms with Crippen LogP contribution in [0.3, 0.4) is 0 Å². The van der Waals surface area contributed by atoms with Gasteiger partial charge in [-0.05, 0) is 18.4 Å². The van der Waals surface area contributed by atoms with Crippen LogP contribution in [0.25, 0.3) is 0 Å². The molecule has 2 heterocycles. The van der Waals surface area contributed by atoms with E-state index < -0.39 is 5.97 Å². The highest BCUT2D eigenvalue weighted by Crippen LogP contribution is 2.28. The number of aromatic carboxylic acids is 1. The van der Waals surface area contributed by atoms with Crippen LogP contribution in [0, 0.1) is 0 Å². The van der Waals surface area contributed by atoms with Crippen molar-refractivity contribution in [1.82, 2.24) is 9.97 Å². The van der Waals surface area contributed by atoms with Gasteiger partial charge in [-0.3, -0.25) is 0 Å². The van der Waals surface area contributed by atoms with E-state index in [4.69, 9.17) is 5.11 Å². The molecule has 0 spiro atoms. The monoisotopic (exact) mass is 283 g/mol. The second-order valence-corrected chi connectivity index (χ2v) is 5.26. The first-order valence-electron chi connectivity index (χ1n) is 7.09. The topological polar surface area (TPSA) is 66.3 Å². The minimum Gasteiger partial charge on any atom is -0.476 e. The van der Waals surface area contributed by atoms with Gasteiger partial charge in [0.25, 0.3) is 0 Å². The van der Waals surface area contributed by atoms with E-state index in [1.165, 1.54) is 18.2 Å². The molecule has 1 fully saturated rings. The summed E-state index contributed by atoms with van der Waals surface area (Å²) in [5.41, 5.74) is 1.33. The van der Waals surface area contributed by atoms with E-state index in [-0.39, 0.29) is 5.69 Å². The number of piperidine rings is 1. The molecular weight excluding hydrogens is 266 g/mol. The number of carboxylic acids is 1. The average Bonchev–Trinajstić information content (AvgIpc) is 2.56. The Morgan fingerprint density at radius 3 is 2.67 bits per heavy atom. The van der Waals surface area contributed by atoms with E-state index in [0.717, 1.165) is 25.3 Å². The van der Waals surface area contributed by atoms with E-state index in [1.807, 2.05) is 6.07 Å². The summed E-state index contributed by atoms with van der Waals surface area (Å²) in [7, 11) is 0. The standard InChI is InChI=1S/C16H17N3O2/c20-16(21)14-9-18-15(10-17-14)19-8-4-7-13(11-19)12-5-2-1-3-6-12/h1-3,5-6,9-10,13H,4,7-8,11H2,(H,20,21). The maximum atomic E-state index is 10.8. The van der Waals surface area contributed by atoms with Crippen LogP contribution in [0.4, 0.5) is 5.82 Å². The number of carboxylic acid groups (broad SMARTS) is 1. The zero-order valence-corrected chi connectivity index (χ0v) is 11.6. The number of anilines is 1. The molecule has 2 aromatic rings. The lowest BCUT2D eigenvalue weighted by Gasteiger charge is -2.33. The molecule has 5 heteroatoms. The highest BCUT2D eigenvalue weighted by atomic mass is 16.4. The molecule has 3 rings (SSSR count). The molecule has 1 aliphatic rings. The molecule has 5 nitrogen and oxygen atoms in total. The van der Waals surface area contributed by atoms with Gasteiger partial charge in [-0.15, -0.1) is 0 Å². The van der Waals surface area contributed by atoms with Gasteiger partial charge < -0.3 is 10.0 Å². The molecule has 108 valence electrons. The lowest BCUT2D eigenvalue weighted by atomic mass is 9.91. The first-order chi connectivity index (χ1) is 10.2. The van der Waals surface area contributed by atoms with Crippen molar-refractivity contribution in [3.8, 4) is 0 Å². The lowest BCUT2D eigenvalue weighted by Crippen LogP contribution is -2.35. The van der Waals surface area contributed by atoms with Crippen molar-refractivity contribution in [1.29, 1.82) is 0 Å². The Hall–Kier alpha value is -2.43. The Kier molecular flexibility index (Phi) is 3.81. The van der Waals surface area contributed by atoms with Crippen LogP contribution in [0.2, 0.25) is 0 Å². The fourth-order valence-corrected chi connectivity index (χ4v) is 2.78. The summed E-state index contributed by atoms with van der Waals surface area (Å²) in [6.07, 6.45) is 5.14. The molecule has 1 unspecified atom stereocenters. The van der Waals surface area contributed by atoms with Gasteiger partial charge in [-0.25, -0.2) is 14.8 Å². The molecular formula is C16H17N3O2. The van der Waals surface area contributed by atoms with Crippen molar-refractivity contribution >= 4 is 11.8 Å². The van der Waals surface area contributed by atoms with Crippen LogP contribution >= 0.6 is 0 Å². The van der Waals surface area contributed by atoms with Gasteiger partial charge in [-0.2, -0.15) is 0 Å². The lowest BCUT2D eigenvalue weighted by molar-refractivity contribution is 0.0690. The summed E-state index contributed by atoms with van der Waals surface area (Å²) in [4.78, 5) is 21.2. The number of carbonyl (C=O) groups is 1. The fourth-order valence-electron chi connectivity index (χ4n) is 2.78. The number of nitrogens with zero attached hydrogens (tertiary/aromatic N) is 3. The number of benzene rings is 1. The van der Waals surface area contributed by atoms with E-state index in [2.05, 4.69) is 39.1 Å². The van der Waals surface area contributed by atoms with Gasteiger partial charge in [0, 0.05) is 19.0 Å². The Balaban J connectivity index is 1.75. The molecule has 0 radical (unpaired) electrons. The van der Waals surface area contributed by atoms with Crippen molar-refractivity contribution in [2.45, 2.75) is 18.8 Å². The molecule has 21 heavy (non-hydrogen) atoms. The third kappa shape index (κ3) is 3.02. The van der Waals surface area contributed by atoms with Crippen molar-refractivity contribution in [2.75, 3.05) is 18.0 Å². The van der Waals surface area contributed by atoms with Crippen LogP contribution < -0.4 is 4.90 Å². The van der Waals surface area contributed by atoms with Crippen molar-refractivity contribution in [3.05, 3.63) is 54.0 Å². The van der Waals surface area contributed by atoms with Crippen molar-refractivity contribution in [2.24, 2.45) is 0 Å². The maximum absolute atomic E-state index is 10.8. The predicted molar refractivity (Wildman–Crippen MR) is 79.6 cm³/mol. The van der Waals surface area contributed by atoms with E-state index in [1.54, 1.807) is 6.20 Å². The normalized spacial score (nSPS) is 18.5. The Morgan fingerprint density at radius 1 is 1.19 bits per heavy atom. The Morgan fingerprint density at radius 2 is 2.00 bits per heavy atom. The highest BCUT2D eigenvalue weighted by molar-refractivity contribution is 5.84. The van der Waals surface area contributed by atoms with Crippen molar-refractivity contribution in [3.63, 3.8) is 0 Å². The molecule has 1 aliphatic heterocycles. The highest BCUT2D eigenvalue weighted by Gasteiger charge is 2.22. The van der Waals surface area contributed by atoms with Gasteiger partial charge in [0.15, 0.2) is 5.69 Å². The summed E-state index contributed by atoms with van der Waals surface area (Å²) in [6.45, 7) is 1.83. The zero-order chi connectivity index (χ0) is 14.7. The second kappa shape index (κ2) is 5.91. The number of aromatic nitrogens is 2. The summed E-state index contributed by atoms with van der Waals surface area (Å²) in [6, 6.07) is 10.5. The third-order valence-corrected chi connectivity index (χ3v) is 3.87. The first-order valence-corrected chi connectivity index (χ1v) is 7.09. The second-order valence-electron chi connectivity index (χ2n) is 5.26. The Labute approximate surface area is 123 Å². The predicted octanol–water partition coefficient (Wildman–Crippen LogP) is 2.56. The SMILES string of the molecule is O=C(O)c1cnc(N2CCCC(c3ccccc3)C2)cn1. The molecule has 0 bridgehead atoms. The summed E-state index contributed by atoms with van der Waals surface area (Å²) in [5, 5.41) is 8.86. The van der Waals surface area contributed by atoms with Gasteiger partial charge in [0.2, 0.25) is 0 Å². The molecule has 0 amide bonds. The average molecular weight is 283 g/mol. The number of rotatable bonds is 3. The summed E-state index contributed by atoms with van der Waals surface area (Å²) < 4.78 is 0. The van der Waals surface area contributed by atoms with Gasteiger partial charge in [0.05, 0.1) is 12.4 Å². The quantitative estimate of drug-likeness (QED) is 0.937. The first kappa shape index (κ1) is 13.5. The van der Waals surface area contributed by atoms with Crippen LogP contribution in [-0.2, 0) is 0 Å². The smallest absolute Gasteiger partial charge is 0.356 e. The van der Waals surface area contributed by atoms with Gasteiger partial charge in [-0.1, -0.05) is 30.3 Å². The number of hydrogen-bond acceptors (Lipinski definition) is 4. The summed E-state index contributed by atoms with van der Waals surface area (Å²) in [5.74, 6) is 0.191. The van der Waals surface area contributed by atoms with E-state index >= 15 is 0 Å². The minimum atomic E-state index is -1.05. The molecule has 0 saturated carbocycles. The molecule has 1 N–H and O–H groups in total. The molecule has 1 saturated heterocycles. The van der Waals surface area contributed by atoms with Crippen LogP contribution in [0.1, 0.15) is 34.8 Å². The van der Waals surface area contributed by atoms with Gasteiger partial charge in [0.1, 0.15) is 5.82 Å². The molecule has 1 atom stereocenters. The molecule has 1 aromatic carbocycles. The summed E-state index contributed by atoms with van der Waals surface area (Å²) >= 11 is 0. The molecule has 1 aromatic heterocycles. The van der Waals surface area contributed by atoms with E-state index in [0.29, 0.717) is 5.92 Å². The minimum absolute atomic E-state index is 0.0182. The third-order valence-electron chi connectivity index (χ3n) is 3.87. The van der Waals surface area contributed by atoms with E-state index in [9.17, 15) is 4.79 Å². The van der Waals surface area contributed by atoms with Gasteiger partial charge >= 0.3 is 5.97 Å². The maximum Gasteiger partial charge on any atom is 0.356 e. The van der Waals surface area contributed by atoms with Crippen LogP contribution in [0.15, 0.2) is 42.7 Å². The van der Waals surface area contributed by atoms with Crippen LogP contribution in [-0.4, -0.2) is 34.1 Å².